The predicted octanol–water partition coefficient (Wildman–Crippen LogP) is -0.829. The molecular formula is C7H12N2O4. The third-order valence-electron chi connectivity index (χ3n) is 2.01. The molecule has 0 bridgehead atoms. The minimum absolute atomic E-state index is 0.451. The van der Waals surface area contributed by atoms with Crippen molar-refractivity contribution in [3.63, 3.8) is 0 Å². The van der Waals surface area contributed by atoms with Gasteiger partial charge in [0.1, 0.15) is 12.1 Å². The summed E-state index contributed by atoms with van der Waals surface area (Å²) >= 11 is 0. The van der Waals surface area contributed by atoms with Gasteiger partial charge < -0.3 is 10.2 Å². The van der Waals surface area contributed by atoms with Gasteiger partial charge in [0, 0.05) is 0 Å². The highest BCUT2D eigenvalue weighted by Gasteiger charge is 2.25. The first-order chi connectivity index (χ1) is 6.11. The number of carboxylic acid groups (broad SMARTS) is 2. The zero-order valence-corrected chi connectivity index (χ0v) is 6.99. The number of rotatable bonds is 2. The highest BCUT2D eigenvalue weighted by molar-refractivity contribution is 5.75. The van der Waals surface area contributed by atoms with E-state index in [1.54, 1.807) is 0 Å². The first-order valence-electron chi connectivity index (χ1n) is 4.08. The van der Waals surface area contributed by atoms with Crippen LogP contribution in [0.4, 0.5) is 0 Å². The van der Waals surface area contributed by atoms with Crippen LogP contribution in [0, 0.1) is 0 Å². The quantitative estimate of drug-likeness (QED) is 0.451. The SMILES string of the molecule is O=C(O)[C@@H]1CCC[C@@H](C(=O)O)NN1. The number of hydrazine groups is 1. The van der Waals surface area contributed by atoms with Crippen LogP contribution in [0.2, 0.25) is 0 Å². The molecule has 0 amide bonds. The van der Waals surface area contributed by atoms with Gasteiger partial charge >= 0.3 is 11.9 Å². The van der Waals surface area contributed by atoms with E-state index in [1.807, 2.05) is 0 Å². The predicted molar refractivity (Wildman–Crippen MR) is 43.0 cm³/mol. The molecule has 13 heavy (non-hydrogen) atoms. The molecule has 0 aromatic rings. The van der Waals surface area contributed by atoms with E-state index in [1.165, 1.54) is 0 Å². The minimum Gasteiger partial charge on any atom is -0.480 e. The molecule has 1 rings (SSSR count). The lowest BCUT2D eigenvalue weighted by atomic mass is 10.1. The van der Waals surface area contributed by atoms with Crippen molar-refractivity contribution in [2.75, 3.05) is 0 Å². The Labute approximate surface area is 74.9 Å². The summed E-state index contributed by atoms with van der Waals surface area (Å²) in [6, 6.07) is -1.38. The average molecular weight is 188 g/mol. The van der Waals surface area contributed by atoms with Crippen molar-refractivity contribution in [2.45, 2.75) is 31.3 Å². The highest BCUT2D eigenvalue weighted by atomic mass is 16.4. The van der Waals surface area contributed by atoms with Gasteiger partial charge in [-0.25, -0.2) is 10.9 Å². The molecule has 6 heteroatoms. The van der Waals surface area contributed by atoms with Gasteiger partial charge in [-0.1, -0.05) is 0 Å². The average Bonchev–Trinajstić information content (AvgIpc) is 2.27. The van der Waals surface area contributed by atoms with Crippen LogP contribution >= 0.6 is 0 Å². The highest BCUT2D eigenvalue weighted by Crippen LogP contribution is 2.08. The monoisotopic (exact) mass is 188 g/mol. The van der Waals surface area contributed by atoms with Crippen LogP contribution < -0.4 is 10.9 Å². The molecular weight excluding hydrogens is 176 g/mol. The van der Waals surface area contributed by atoms with Crippen molar-refractivity contribution in [3.05, 3.63) is 0 Å². The Morgan fingerprint density at radius 2 is 1.38 bits per heavy atom. The Balaban J connectivity index is 2.48. The zero-order valence-electron chi connectivity index (χ0n) is 6.99. The molecule has 4 N–H and O–H groups in total. The van der Waals surface area contributed by atoms with Gasteiger partial charge in [0.05, 0.1) is 0 Å². The van der Waals surface area contributed by atoms with Crippen LogP contribution in [0.15, 0.2) is 0 Å². The number of aliphatic carboxylic acids is 2. The molecule has 6 nitrogen and oxygen atoms in total. The van der Waals surface area contributed by atoms with Crippen LogP contribution in [0.5, 0.6) is 0 Å². The molecule has 0 unspecified atom stereocenters. The van der Waals surface area contributed by atoms with Gasteiger partial charge in [0.15, 0.2) is 0 Å². The Bertz CT molecular complexity index is 197. The molecule has 0 aromatic carbocycles. The van der Waals surface area contributed by atoms with E-state index in [0.29, 0.717) is 19.3 Å². The lowest BCUT2D eigenvalue weighted by Crippen LogP contribution is -2.50. The number of hydrogen-bond acceptors (Lipinski definition) is 4. The van der Waals surface area contributed by atoms with Crippen molar-refractivity contribution in [3.8, 4) is 0 Å². The number of carbonyl (C=O) groups is 2. The fourth-order valence-corrected chi connectivity index (χ4v) is 1.24. The summed E-state index contributed by atoms with van der Waals surface area (Å²) in [5.74, 6) is -1.92. The van der Waals surface area contributed by atoms with E-state index in [9.17, 15) is 9.59 Å². The number of nitrogens with one attached hydrogen (secondary N) is 2. The van der Waals surface area contributed by atoms with E-state index in [0.717, 1.165) is 0 Å². The van der Waals surface area contributed by atoms with Crippen molar-refractivity contribution in [1.82, 2.24) is 10.9 Å². The summed E-state index contributed by atoms with van der Waals surface area (Å²) in [6.07, 6.45) is 1.49. The maximum Gasteiger partial charge on any atom is 0.322 e. The molecule has 0 radical (unpaired) electrons. The van der Waals surface area contributed by atoms with Crippen molar-refractivity contribution >= 4 is 11.9 Å². The van der Waals surface area contributed by atoms with E-state index >= 15 is 0 Å². The lowest BCUT2D eigenvalue weighted by Gasteiger charge is -2.12. The van der Waals surface area contributed by atoms with E-state index in [2.05, 4.69) is 10.9 Å². The van der Waals surface area contributed by atoms with E-state index in [4.69, 9.17) is 10.2 Å². The Morgan fingerprint density at radius 3 is 1.69 bits per heavy atom. The van der Waals surface area contributed by atoms with Gasteiger partial charge in [-0.2, -0.15) is 0 Å². The normalized spacial score (nSPS) is 29.2. The van der Waals surface area contributed by atoms with Gasteiger partial charge in [-0.15, -0.1) is 0 Å². The summed E-state index contributed by atoms with van der Waals surface area (Å²) in [4.78, 5) is 21.1. The van der Waals surface area contributed by atoms with Crippen LogP contribution in [-0.2, 0) is 9.59 Å². The molecule has 1 aliphatic heterocycles. The fourth-order valence-electron chi connectivity index (χ4n) is 1.24. The van der Waals surface area contributed by atoms with Gasteiger partial charge in [-0.3, -0.25) is 9.59 Å². The Morgan fingerprint density at radius 1 is 1.00 bits per heavy atom. The molecule has 1 fully saturated rings. The van der Waals surface area contributed by atoms with Crippen molar-refractivity contribution in [1.29, 1.82) is 0 Å². The fraction of sp³-hybridized carbons (Fsp3) is 0.714. The summed E-state index contributed by atoms with van der Waals surface area (Å²) in [7, 11) is 0. The van der Waals surface area contributed by atoms with Crippen LogP contribution in [0.3, 0.4) is 0 Å². The lowest BCUT2D eigenvalue weighted by molar-refractivity contribution is -0.142. The molecule has 74 valence electrons. The third-order valence-corrected chi connectivity index (χ3v) is 2.01. The Hall–Kier alpha value is -1.14. The molecule has 0 saturated carbocycles. The maximum atomic E-state index is 10.5. The topological polar surface area (TPSA) is 98.7 Å². The summed E-state index contributed by atoms with van der Waals surface area (Å²) < 4.78 is 0. The first kappa shape index (κ1) is 9.94. The van der Waals surface area contributed by atoms with Gasteiger partial charge in [-0.05, 0) is 19.3 Å². The van der Waals surface area contributed by atoms with Crippen molar-refractivity contribution < 1.29 is 19.8 Å². The van der Waals surface area contributed by atoms with Crippen LogP contribution in [0.1, 0.15) is 19.3 Å². The van der Waals surface area contributed by atoms with Crippen LogP contribution in [-0.4, -0.2) is 34.2 Å². The van der Waals surface area contributed by atoms with Crippen molar-refractivity contribution in [2.24, 2.45) is 0 Å². The molecule has 0 spiro atoms. The second kappa shape index (κ2) is 4.20. The largest absolute Gasteiger partial charge is 0.480 e. The Kier molecular flexibility index (Phi) is 3.21. The maximum absolute atomic E-state index is 10.5. The van der Waals surface area contributed by atoms with Gasteiger partial charge in [0.2, 0.25) is 0 Å². The second-order valence-corrected chi connectivity index (χ2v) is 3.00. The standard InChI is InChI=1S/C7H12N2O4/c10-6(11)4-2-1-3-5(7(12)13)9-8-4/h4-5,8-9H,1-3H2,(H,10,11)(H,12,13)/t4-,5-/m0/s1. The van der Waals surface area contributed by atoms with E-state index < -0.39 is 24.0 Å². The minimum atomic E-state index is -0.960. The first-order valence-corrected chi connectivity index (χ1v) is 4.08. The zero-order chi connectivity index (χ0) is 9.84. The molecule has 1 saturated heterocycles. The summed E-state index contributed by atoms with van der Waals surface area (Å²) in [5.41, 5.74) is 4.96. The summed E-state index contributed by atoms with van der Waals surface area (Å²) in [5, 5.41) is 17.3. The smallest absolute Gasteiger partial charge is 0.322 e. The number of hydrogen-bond donors (Lipinski definition) is 4. The number of carboxylic acids is 2. The van der Waals surface area contributed by atoms with Gasteiger partial charge in [0.25, 0.3) is 0 Å². The third kappa shape index (κ3) is 2.67. The molecule has 0 aliphatic carbocycles. The molecule has 1 aliphatic rings. The molecule has 1 heterocycles. The summed E-state index contributed by atoms with van der Waals surface area (Å²) in [6.45, 7) is 0. The van der Waals surface area contributed by atoms with Crippen LogP contribution in [0.25, 0.3) is 0 Å². The second-order valence-electron chi connectivity index (χ2n) is 3.00. The molecule has 0 aromatic heterocycles. The molecule has 2 atom stereocenters. The van der Waals surface area contributed by atoms with E-state index in [-0.39, 0.29) is 0 Å².